The van der Waals surface area contributed by atoms with Crippen molar-refractivity contribution in [2.45, 2.75) is 38.6 Å². The monoisotopic (exact) mass is 349 g/mol. The third-order valence-corrected chi connectivity index (χ3v) is 5.22. The minimum absolute atomic E-state index is 0.110. The van der Waals surface area contributed by atoms with Gasteiger partial charge in [-0.3, -0.25) is 9.69 Å². The van der Waals surface area contributed by atoms with E-state index >= 15 is 0 Å². The van der Waals surface area contributed by atoms with Crippen LogP contribution < -0.4 is 0 Å². The van der Waals surface area contributed by atoms with E-state index in [4.69, 9.17) is 16.3 Å². The molecule has 1 aliphatic rings. The summed E-state index contributed by atoms with van der Waals surface area (Å²) >= 11 is 5.72. The minimum atomic E-state index is -0.149. The number of hydrogen-bond acceptors (Lipinski definition) is 3. The molecule has 1 aromatic carbocycles. The lowest BCUT2D eigenvalue weighted by atomic mass is 9.81. The fourth-order valence-electron chi connectivity index (χ4n) is 3.67. The molecule has 3 unspecified atom stereocenters. The average Bonchev–Trinajstić information content (AvgIpc) is 3.04. The van der Waals surface area contributed by atoms with Crippen LogP contribution in [-0.2, 0) is 9.53 Å². The maximum atomic E-state index is 12.6. The Morgan fingerprint density at radius 1 is 1.38 bits per heavy atom. The van der Waals surface area contributed by atoms with Crippen molar-refractivity contribution in [2.24, 2.45) is 5.92 Å². The first kappa shape index (κ1) is 19.0. The predicted octanol–water partition coefficient (Wildman–Crippen LogP) is 4.15. The maximum Gasteiger partial charge on any atom is 0.310 e. The van der Waals surface area contributed by atoms with E-state index < -0.39 is 0 Å². The summed E-state index contributed by atoms with van der Waals surface area (Å²) in [5.41, 5.74) is 2.42. The predicted molar refractivity (Wildman–Crippen MR) is 99.6 cm³/mol. The van der Waals surface area contributed by atoms with E-state index in [1.807, 2.05) is 6.08 Å². The number of esters is 1. The molecule has 1 aliphatic heterocycles. The molecule has 0 aliphatic carbocycles. The number of aryl methyl sites for hydroxylation is 1. The molecule has 0 bridgehead atoms. The molecule has 0 spiro atoms. The molecule has 0 radical (unpaired) electrons. The number of likely N-dealkylation sites (tertiary alicyclic amines) is 1. The van der Waals surface area contributed by atoms with Crippen molar-refractivity contribution in [2.75, 3.05) is 26.1 Å². The van der Waals surface area contributed by atoms with Gasteiger partial charge in [-0.2, -0.15) is 0 Å². The second kappa shape index (κ2) is 9.24. The number of carbonyl (C=O) groups excluding carboxylic acids is 1. The largest absolute Gasteiger partial charge is 0.469 e. The molecule has 0 saturated carbocycles. The standard InChI is InChI=1S/C20H28ClNO2/c1-15-8-10-17(11-9-15)16(2)19(20(23)24-3)18-7-6-14-22(18)13-5-4-12-21/h4-5,8-11,16,18-19H,6-7,12-14H2,1-3H3/b5-4+. The lowest BCUT2D eigenvalue weighted by molar-refractivity contribution is -0.148. The fraction of sp³-hybridized carbons (Fsp3) is 0.550. The molecular formula is C20H28ClNO2. The number of allylic oxidation sites excluding steroid dienone is 1. The number of hydrogen-bond donors (Lipinski definition) is 0. The van der Waals surface area contributed by atoms with E-state index in [0.29, 0.717) is 5.88 Å². The third-order valence-electron chi connectivity index (χ3n) is 5.04. The molecule has 1 fully saturated rings. The second-order valence-electron chi connectivity index (χ2n) is 6.58. The molecule has 2 rings (SSSR count). The smallest absolute Gasteiger partial charge is 0.310 e. The summed E-state index contributed by atoms with van der Waals surface area (Å²) in [4.78, 5) is 15.0. The topological polar surface area (TPSA) is 29.5 Å². The van der Waals surface area contributed by atoms with Gasteiger partial charge < -0.3 is 4.74 Å². The number of halogens is 1. The Labute approximate surface area is 150 Å². The van der Waals surface area contributed by atoms with E-state index in [-0.39, 0.29) is 23.8 Å². The molecular weight excluding hydrogens is 322 g/mol. The molecule has 3 nitrogen and oxygen atoms in total. The van der Waals surface area contributed by atoms with Gasteiger partial charge >= 0.3 is 5.97 Å². The van der Waals surface area contributed by atoms with E-state index in [0.717, 1.165) is 25.9 Å². The highest BCUT2D eigenvalue weighted by molar-refractivity contribution is 6.18. The van der Waals surface area contributed by atoms with Crippen molar-refractivity contribution in [1.82, 2.24) is 4.90 Å². The molecule has 0 aromatic heterocycles. The molecule has 0 N–H and O–H groups in total. The molecule has 1 saturated heterocycles. The Morgan fingerprint density at radius 2 is 2.08 bits per heavy atom. The van der Waals surface area contributed by atoms with Crippen molar-refractivity contribution in [3.63, 3.8) is 0 Å². The summed E-state index contributed by atoms with van der Waals surface area (Å²) in [5.74, 6) is 0.394. The number of methoxy groups -OCH3 is 1. The average molecular weight is 350 g/mol. The number of carbonyl (C=O) groups is 1. The van der Waals surface area contributed by atoms with E-state index in [1.54, 1.807) is 0 Å². The van der Waals surface area contributed by atoms with Gasteiger partial charge in [-0.05, 0) is 37.8 Å². The molecule has 132 valence electrons. The van der Waals surface area contributed by atoms with Gasteiger partial charge in [0.05, 0.1) is 13.0 Å². The van der Waals surface area contributed by atoms with Crippen LogP contribution in [0.2, 0.25) is 0 Å². The van der Waals surface area contributed by atoms with Crippen LogP contribution in [0.4, 0.5) is 0 Å². The van der Waals surface area contributed by atoms with Crippen molar-refractivity contribution in [1.29, 1.82) is 0 Å². The third kappa shape index (κ3) is 4.61. The Bertz CT molecular complexity index is 555. The van der Waals surface area contributed by atoms with Crippen molar-refractivity contribution < 1.29 is 9.53 Å². The van der Waals surface area contributed by atoms with Crippen LogP contribution >= 0.6 is 11.6 Å². The van der Waals surface area contributed by atoms with Gasteiger partial charge in [0.1, 0.15) is 0 Å². The first-order valence-electron chi connectivity index (χ1n) is 8.68. The molecule has 3 atom stereocenters. The highest BCUT2D eigenvalue weighted by atomic mass is 35.5. The van der Waals surface area contributed by atoms with Crippen LogP contribution in [0.15, 0.2) is 36.4 Å². The van der Waals surface area contributed by atoms with Crippen LogP contribution in [0.25, 0.3) is 0 Å². The van der Waals surface area contributed by atoms with Gasteiger partial charge in [0, 0.05) is 18.5 Å². The normalized spacial score (nSPS) is 21.1. The van der Waals surface area contributed by atoms with E-state index in [2.05, 4.69) is 49.1 Å². The maximum absolute atomic E-state index is 12.6. The van der Waals surface area contributed by atoms with Crippen LogP contribution in [0.5, 0.6) is 0 Å². The number of benzene rings is 1. The lowest BCUT2D eigenvalue weighted by Gasteiger charge is -2.33. The van der Waals surface area contributed by atoms with E-state index in [9.17, 15) is 4.79 Å². The van der Waals surface area contributed by atoms with Crippen molar-refractivity contribution in [3.8, 4) is 0 Å². The van der Waals surface area contributed by atoms with Gasteiger partial charge in [-0.15, -0.1) is 11.6 Å². The Kier molecular flexibility index (Phi) is 7.32. The minimum Gasteiger partial charge on any atom is -0.469 e. The van der Waals surface area contributed by atoms with Gasteiger partial charge in [0.2, 0.25) is 0 Å². The first-order valence-corrected chi connectivity index (χ1v) is 9.21. The quantitative estimate of drug-likeness (QED) is 0.421. The molecule has 1 heterocycles. The zero-order valence-corrected chi connectivity index (χ0v) is 15.6. The summed E-state index contributed by atoms with van der Waals surface area (Å²) in [5, 5.41) is 0. The number of rotatable bonds is 7. The number of nitrogens with zero attached hydrogens (tertiary/aromatic N) is 1. The summed E-state index contributed by atoms with van der Waals surface area (Å²) in [6.07, 6.45) is 6.21. The van der Waals surface area contributed by atoms with Gasteiger partial charge in [0.15, 0.2) is 0 Å². The fourth-order valence-corrected chi connectivity index (χ4v) is 3.79. The highest BCUT2D eigenvalue weighted by Crippen LogP contribution is 2.35. The van der Waals surface area contributed by atoms with Gasteiger partial charge in [0.25, 0.3) is 0 Å². The molecule has 0 amide bonds. The van der Waals surface area contributed by atoms with E-state index in [1.165, 1.54) is 18.2 Å². The van der Waals surface area contributed by atoms with Crippen molar-refractivity contribution in [3.05, 3.63) is 47.5 Å². The zero-order chi connectivity index (χ0) is 17.5. The van der Waals surface area contributed by atoms with Crippen LogP contribution in [-0.4, -0.2) is 43.0 Å². The Hall–Kier alpha value is -1.32. The highest BCUT2D eigenvalue weighted by Gasteiger charge is 2.39. The second-order valence-corrected chi connectivity index (χ2v) is 6.89. The summed E-state index contributed by atoms with van der Waals surface area (Å²) in [6.45, 7) is 6.07. The summed E-state index contributed by atoms with van der Waals surface area (Å²) in [7, 11) is 1.49. The summed E-state index contributed by atoms with van der Waals surface area (Å²) < 4.78 is 5.16. The van der Waals surface area contributed by atoms with Crippen LogP contribution in [0.1, 0.15) is 36.8 Å². The van der Waals surface area contributed by atoms with Crippen LogP contribution in [0, 0.1) is 12.8 Å². The van der Waals surface area contributed by atoms with Gasteiger partial charge in [-0.25, -0.2) is 0 Å². The number of alkyl halides is 1. The molecule has 1 aromatic rings. The van der Waals surface area contributed by atoms with Gasteiger partial charge in [-0.1, -0.05) is 48.9 Å². The zero-order valence-electron chi connectivity index (χ0n) is 14.9. The lowest BCUT2D eigenvalue weighted by Crippen LogP contribution is -2.42. The Morgan fingerprint density at radius 3 is 2.71 bits per heavy atom. The number of ether oxygens (including phenoxy) is 1. The van der Waals surface area contributed by atoms with Crippen LogP contribution in [0.3, 0.4) is 0 Å². The Balaban J connectivity index is 2.22. The first-order chi connectivity index (χ1) is 11.6. The summed E-state index contributed by atoms with van der Waals surface area (Å²) in [6, 6.07) is 8.69. The molecule has 24 heavy (non-hydrogen) atoms. The van der Waals surface area contributed by atoms with Crippen molar-refractivity contribution >= 4 is 17.6 Å². The SMILES string of the molecule is COC(=O)C(C(C)c1ccc(C)cc1)C1CCCN1C/C=C/CCl. The molecule has 4 heteroatoms.